The molecule has 20 heteroatoms. The fraction of sp³-hybridized carbons (Fsp3) is 0.812. The van der Waals surface area contributed by atoms with Crippen molar-refractivity contribution in [3.05, 3.63) is 11.6 Å². The predicted molar refractivity (Wildman–Crippen MR) is 229 cm³/mol. The summed E-state index contributed by atoms with van der Waals surface area (Å²) in [4.78, 5) is 87.1. The quantitative estimate of drug-likeness (QED) is 0.158. The monoisotopic (exact) mass is 964 g/mol. The highest BCUT2D eigenvalue weighted by atomic mass is 16.8. The zero-order chi connectivity index (χ0) is 49.6. The van der Waals surface area contributed by atoms with Crippen LogP contribution in [0.4, 0.5) is 0 Å². The number of ether oxygens (including phenoxy) is 12. The number of fused-ring (bicyclic) bond motifs is 5. The van der Waals surface area contributed by atoms with Crippen LogP contribution in [0.25, 0.3) is 0 Å². The van der Waals surface area contributed by atoms with Crippen LogP contribution in [0.3, 0.4) is 0 Å². The lowest BCUT2D eigenvalue weighted by Gasteiger charge is -2.63. The Morgan fingerprint density at radius 1 is 0.691 bits per heavy atom. The van der Waals surface area contributed by atoms with Crippen LogP contribution in [0.1, 0.15) is 114 Å². The highest BCUT2D eigenvalue weighted by Gasteiger charge is 2.71. The highest BCUT2D eigenvalue weighted by molar-refractivity contribution is 5.85. The Morgan fingerprint density at radius 2 is 1.28 bits per heavy atom. The summed E-state index contributed by atoms with van der Waals surface area (Å²) >= 11 is 0. The van der Waals surface area contributed by atoms with Crippen molar-refractivity contribution in [2.24, 2.45) is 34.5 Å². The summed E-state index contributed by atoms with van der Waals surface area (Å²) < 4.78 is 70.9. The molecule has 68 heavy (non-hydrogen) atoms. The van der Waals surface area contributed by atoms with Crippen LogP contribution < -0.4 is 0 Å². The van der Waals surface area contributed by atoms with E-state index in [0.717, 1.165) is 32.3 Å². The number of rotatable bonds is 13. The fourth-order valence-corrected chi connectivity index (χ4v) is 13.4. The zero-order valence-electron chi connectivity index (χ0n) is 40.6. The molecule has 7 aliphatic rings. The topological polar surface area (TPSA) is 250 Å². The molecule has 0 spiro atoms. The predicted octanol–water partition coefficient (Wildman–Crippen LogP) is 3.33. The molecule has 0 amide bonds. The normalized spacial score (nSPS) is 43.0. The van der Waals surface area contributed by atoms with Gasteiger partial charge in [-0.15, -0.1) is 0 Å². The van der Waals surface area contributed by atoms with Crippen LogP contribution in [0, 0.1) is 34.5 Å². The van der Waals surface area contributed by atoms with Gasteiger partial charge in [0.1, 0.15) is 24.9 Å². The second-order valence-corrected chi connectivity index (χ2v) is 20.2. The summed E-state index contributed by atoms with van der Waals surface area (Å²) in [6.45, 7) is 12.9. The first-order valence-corrected chi connectivity index (χ1v) is 23.7. The third kappa shape index (κ3) is 10.0. The van der Waals surface area contributed by atoms with Crippen molar-refractivity contribution < 1.29 is 95.5 Å². The summed E-state index contributed by atoms with van der Waals surface area (Å²) in [5, 5.41) is 13.0. The summed E-state index contributed by atoms with van der Waals surface area (Å²) in [7, 11) is 1.35. The van der Waals surface area contributed by atoms with Crippen LogP contribution in [0.15, 0.2) is 11.6 Å². The molecule has 0 aromatic rings. The minimum absolute atomic E-state index is 0.101. The number of hydrogen-bond donors (Lipinski definition) is 1. The van der Waals surface area contributed by atoms with Gasteiger partial charge in [-0.3, -0.25) is 28.8 Å². The van der Waals surface area contributed by atoms with E-state index in [4.69, 9.17) is 56.8 Å². The molecular weight excluding hydrogens is 897 g/mol. The van der Waals surface area contributed by atoms with Crippen LogP contribution in [-0.2, 0) is 90.4 Å². The summed E-state index contributed by atoms with van der Waals surface area (Å²) in [5.41, 5.74) is -1.33. The van der Waals surface area contributed by atoms with Crippen LogP contribution in [-0.4, -0.2) is 146 Å². The van der Waals surface area contributed by atoms with Crippen LogP contribution >= 0.6 is 0 Å². The molecule has 0 aromatic heterocycles. The van der Waals surface area contributed by atoms with Gasteiger partial charge in [0, 0.05) is 72.5 Å². The lowest BCUT2D eigenvalue weighted by atomic mass is 9.43. The molecule has 380 valence electrons. The van der Waals surface area contributed by atoms with Crippen LogP contribution in [0.2, 0.25) is 0 Å². The SMILES string of the molecule is CO[C@@H]1[C@@H](OC(C)=O)[C@H](OC[C@H]2O[C@@H](O[C@H]3CC[C@@]4(C)[C@@H](CC[C@H]5[C@H]4CC[C@]4(C)[C@H](C6=CC(=O)OC6)[C@H](OC(C)=O)C[C@]54O)C3)[C@H](OC(C)=O)[C@@H](OC(C)=O)[C@@H]2OC(C)=O)O[C@@H](C)[C@H]1OC(C)=O. The van der Waals surface area contributed by atoms with Gasteiger partial charge in [-0.1, -0.05) is 13.8 Å². The molecule has 3 heterocycles. The lowest BCUT2D eigenvalue weighted by molar-refractivity contribution is -0.339. The highest BCUT2D eigenvalue weighted by Crippen LogP contribution is 2.70. The summed E-state index contributed by atoms with van der Waals surface area (Å²) in [6, 6.07) is 0. The van der Waals surface area contributed by atoms with E-state index in [0.29, 0.717) is 32.1 Å². The lowest BCUT2D eigenvalue weighted by Crippen LogP contribution is -2.65. The Bertz CT molecular complexity index is 1990. The Morgan fingerprint density at radius 3 is 1.87 bits per heavy atom. The molecule has 2 saturated heterocycles. The van der Waals surface area contributed by atoms with Gasteiger partial charge in [-0.2, -0.15) is 0 Å². The Hall–Kier alpha value is -4.21. The van der Waals surface area contributed by atoms with E-state index in [2.05, 4.69) is 13.8 Å². The Labute approximate surface area is 395 Å². The Kier molecular flexibility index (Phi) is 15.4. The molecular formula is C48H68O20. The third-order valence-electron chi connectivity index (χ3n) is 16.0. The van der Waals surface area contributed by atoms with Gasteiger partial charge in [-0.05, 0) is 80.6 Å². The van der Waals surface area contributed by atoms with E-state index in [1.165, 1.54) is 40.9 Å². The van der Waals surface area contributed by atoms with Crippen molar-refractivity contribution in [2.75, 3.05) is 20.3 Å². The molecule has 19 atom stereocenters. The largest absolute Gasteiger partial charge is 0.462 e. The van der Waals surface area contributed by atoms with E-state index in [1.807, 2.05) is 0 Å². The minimum Gasteiger partial charge on any atom is -0.462 e. The molecule has 4 aliphatic carbocycles. The molecule has 20 nitrogen and oxygen atoms in total. The molecule has 1 N–H and O–H groups in total. The first kappa shape index (κ1) is 51.6. The molecule has 6 fully saturated rings. The maximum absolute atomic E-state index is 13.0. The number of hydrogen-bond acceptors (Lipinski definition) is 20. The molecule has 4 saturated carbocycles. The van der Waals surface area contributed by atoms with Crippen molar-refractivity contribution in [1.29, 1.82) is 0 Å². The van der Waals surface area contributed by atoms with E-state index in [1.54, 1.807) is 6.92 Å². The minimum atomic E-state index is -1.43. The van der Waals surface area contributed by atoms with E-state index >= 15 is 0 Å². The maximum atomic E-state index is 13.0. The molecule has 0 aromatic carbocycles. The molecule has 0 radical (unpaired) electrons. The van der Waals surface area contributed by atoms with Crippen molar-refractivity contribution in [3.8, 4) is 0 Å². The first-order valence-electron chi connectivity index (χ1n) is 23.7. The standard InChI is InChI=1S/C48H68O20/c1-22-38(62-24(3)50)40(57-10)42(65-27(6)53)44(60-22)59-21-35-39(63-25(4)51)41(64-26(5)52)43(66-28(7)54)45(68-35)67-31-13-15-46(8)30(18-31)11-12-33-32(46)14-16-47(9)37(29-17-36(55)58-20-29)34(61-23(2)49)19-48(33,47)56/h17,22,30-35,37-45,56H,11-16,18-21H2,1-10H3/t22-,30-,31-,32+,33-,34+,35+,37+,38+,39+,40-,41-,42+,43+,44+,45+,46-,47+,48-/m0/s1. The second-order valence-electron chi connectivity index (χ2n) is 20.2. The van der Waals surface area contributed by atoms with E-state index in [-0.39, 0.29) is 42.1 Å². The van der Waals surface area contributed by atoms with Gasteiger partial charge < -0.3 is 61.9 Å². The van der Waals surface area contributed by atoms with Gasteiger partial charge >= 0.3 is 41.8 Å². The number of esters is 7. The maximum Gasteiger partial charge on any atom is 0.331 e. The van der Waals surface area contributed by atoms with Gasteiger partial charge in [0.05, 0.1) is 24.4 Å². The van der Waals surface area contributed by atoms with Crippen molar-refractivity contribution in [1.82, 2.24) is 0 Å². The molecule has 7 rings (SSSR count). The van der Waals surface area contributed by atoms with Crippen LogP contribution in [0.5, 0.6) is 0 Å². The smallest absolute Gasteiger partial charge is 0.331 e. The number of methoxy groups -OCH3 is 1. The fourth-order valence-electron chi connectivity index (χ4n) is 13.4. The third-order valence-corrected chi connectivity index (χ3v) is 16.0. The van der Waals surface area contributed by atoms with Gasteiger partial charge in [0.15, 0.2) is 43.1 Å². The average molecular weight is 965 g/mol. The number of carbonyl (C=O) groups excluding carboxylic acids is 7. The molecule has 0 bridgehead atoms. The number of carbonyl (C=O) groups is 7. The zero-order valence-corrected chi connectivity index (χ0v) is 40.6. The average Bonchev–Trinajstić information content (AvgIpc) is 3.75. The van der Waals surface area contributed by atoms with Gasteiger partial charge in [-0.25, -0.2) is 4.79 Å². The Balaban J connectivity index is 1.12. The summed E-state index contributed by atoms with van der Waals surface area (Å²) in [5.74, 6) is -4.71. The van der Waals surface area contributed by atoms with Gasteiger partial charge in [0.25, 0.3) is 0 Å². The number of cyclic esters (lactones) is 1. The van der Waals surface area contributed by atoms with E-state index < -0.39 is 133 Å². The second kappa shape index (κ2) is 20.3. The van der Waals surface area contributed by atoms with E-state index in [9.17, 15) is 38.7 Å². The number of aliphatic hydroxyl groups is 1. The molecule has 0 unspecified atom stereocenters. The van der Waals surface area contributed by atoms with Crippen molar-refractivity contribution >= 4 is 41.8 Å². The van der Waals surface area contributed by atoms with Gasteiger partial charge in [0.2, 0.25) is 0 Å². The van der Waals surface area contributed by atoms with Crippen molar-refractivity contribution in [3.63, 3.8) is 0 Å². The summed E-state index contributed by atoms with van der Waals surface area (Å²) in [6.07, 6.45) is -6.78. The van der Waals surface area contributed by atoms with Crippen molar-refractivity contribution in [2.45, 2.75) is 193 Å². The first-order chi connectivity index (χ1) is 32.0. The molecule has 3 aliphatic heterocycles.